The molecule has 5 nitrogen and oxygen atoms in total. The molecule has 0 radical (unpaired) electrons. The molecule has 0 aromatic heterocycles. The van der Waals surface area contributed by atoms with Crippen molar-refractivity contribution in [1.29, 1.82) is 0 Å². The highest BCUT2D eigenvalue weighted by Crippen LogP contribution is 2.24. The van der Waals surface area contributed by atoms with E-state index in [-0.39, 0.29) is 6.10 Å². The molecule has 1 aromatic carbocycles. The Morgan fingerprint density at radius 1 is 1.45 bits per heavy atom. The van der Waals surface area contributed by atoms with Crippen LogP contribution in [0.1, 0.15) is 18.4 Å². The van der Waals surface area contributed by atoms with Gasteiger partial charge in [-0.15, -0.1) is 0 Å². The molecule has 2 N–H and O–H groups in total. The average Bonchev–Trinajstić information content (AvgIpc) is 2.86. The van der Waals surface area contributed by atoms with Crippen LogP contribution in [0.15, 0.2) is 18.2 Å². The lowest BCUT2D eigenvalue weighted by atomic mass is 10.1. The summed E-state index contributed by atoms with van der Waals surface area (Å²) in [4.78, 5) is 12.9. The van der Waals surface area contributed by atoms with Gasteiger partial charge in [0.15, 0.2) is 6.10 Å². The van der Waals surface area contributed by atoms with E-state index in [2.05, 4.69) is 29.3 Å². The van der Waals surface area contributed by atoms with Crippen LogP contribution in [0.5, 0.6) is 0 Å². The second-order valence-corrected chi connectivity index (χ2v) is 5.44. The average molecular weight is 278 g/mol. The van der Waals surface area contributed by atoms with Gasteiger partial charge < -0.3 is 20.1 Å². The molecule has 2 unspecified atom stereocenters. The minimum Gasteiger partial charge on any atom is -0.479 e. The van der Waals surface area contributed by atoms with Crippen molar-refractivity contribution >= 4 is 17.3 Å². The Bertz CT molecular complexity index is 488. The second-order valence-electron chi connectivity index (χ2n) is 5.44. The molecule has 2 atom stereocenters. The number of aliphatic carboxylic acids is 1. The quantitative estimate of drug-likeness (QED) is 0.863. The zero-order valence-electron chi connectivity index (χ0n) is 12.2. The maximum Gasteiger partial charge on any atom is 0.332 e. The van der Waals surface area contributed by atoms with Gasteiger partial charge in [-0.05, 0) is 37.5 Å². The van der Waals surface area contributed by atoms with Gasteiger partial charge in [0.1, 0.15) is 0 Å². The molecule has 20 heavy (non-hydrogen) atoms. The molecule has 0 saturated carbocycles. The summed E-state index contributed by atoms with van der Waals surface area (Å²) in [6.07, 6.45) is 0.715. The van der Waals surface area contributed by atoms with Gasteiger partial charge in [0.25, 0.3) is 0 Å². The number of nitrogens with one attached hydrogen (secondary N) is 1. The van der Waals surface area contributed by atoms with Crippen LogP contribution in [0, 0.1) is 6.92 Å². The summed E-state index contributed by atoms with van der Waals surface area (Å²) in [6, 6.07) is 6.21. The zero-order valence-corrected chi connectivity index (χ0v) is 12.2. The van der Waals surface area contributed by atoms with Crippen LogP contribution in [0.25, 0.3) is 0 Å². The Kier molecular flexibility index (Phi) is 4.49. The van der Waals surface area contributed by atoms with Crippen molar-refractivity contribution < 1.29 is 14.6 Å². The lowest BCUT2D eigenvalue weighted by Crippen LogP contribution is -2.24. The van der Waals surface area contributed by atoms with Crippen LogP contribution in [0.2, 0.25) is 0 Å². The second kappa shape index (κ2) is 6.13. The third kappa shape index (κ3) is 3.42. The summed E-state index contributed by atoms with van der Waals surface area (Å²) in [5, 5.41) is 12.2. The summed E-state index contributed by atoms with van der Waals surface area (Å²) in [5.74, 6) is -0.863. The largest absolute Gasteiger partial charge is 0.479 e. The minimum atomic E-state index is -0.863. The highest BCUT2D eigenvalue weighted by Gasteiger charge is 2.30. The minimum absolute atomic E-state index is 0.0276. The van der Waals surface area contributed by atoms with Crippen LogP contribution in [-0.4, -0.2) is 43.9 Å². The smallest absolute Gasteiger partial charge is 0.332 e. The number of rotatable bonds is 5. The van der Waals surface area contributed by atoms with Crippen molar-refractivity contribution in [1.82, 2.24) is 0 Å². The Morgan fingerprint density at radius 2 is 2.20 bits per heavy atom. The number of carboxylic acid groups (broad SMARTS) is 1. The zero-order chi connectivity index (χ0) is 14.7. The Hall–Kier alpha value is -1.75. The van der Waals surface area contributed by atoms with Gasteiger partial charge in [-0.1, -0.05) is 6.07 Å². The van der Waals surface area contributed by atoms with Crippen LogP contribution in [0.3, 0.4) is 0 Å². The topological polar surface area (TPSA) is 61.8 Å². The molecule has 0 spiro atoms. The molecule has 1 fully saturated rings. The normalized spacial score (nSPS) is 21.8. The summed E-state index contributed by atoms with van der Waals surface area (Å²) in [7, 11) is 4.04. The van der Waals surface area contributed by atoms with Crippen molar-refractivity contribution in [3.63, 3.8) is 0 Å². The van der Waals surface area contributed by atoms with Crippen molar-refractivity contribution in [2.75, 3.05) is 30.9 Å². The first-order valence-electron chi connectivity index (χ1n) is 6.87. The van der Waals surface area contributed by atoms with Crippen molar-refractivity contribution in [3.8, 4) is 0 Å². The molecule has 110 valence electrons. The lowest BCUT2D eigenvalue weighted by molar-refractivity contribution is -0.149. The van der Waals surface area contributed by atoms with Gasteiger partial charge in [0.05, 0.1) is 6.10 Å². The van der Waals surface area contributed by atoms with E-state index in [0.29, 0.717) is 13.0 Å². The van der Waals surface area contributed by atoms with Gasteiger partial charge in [0, 0.05) is 32.0 Å². The fourth-order valence-corrected chi connectivity index (χ4v) is 2.47. The molecule has 1 aliphatic heterocycles. The van der Waals surface area contributed by atoms with Crippen molar-refractivity contribution in [2.24, 2.45) is 0 Å². The summed E-state index contributed by atoms with van der Waals surface area (Å²) >= 11 is 0. The number of nitrogens with zero attached hydrogens (tertiary/aromatic N) is 1. The van der Waals surface area contributed by atoms with Gasteiger partial charge in [-0.25, -0.2) is 4.79 Å². The van der Waals surface area contributed by atoms with Gasteiger partial charge in [0.2, 0.25) is 0 Å². The number of carboxylic acids is 1. The molecule has 5 heteroatoms. The third-order valence-corrected chi connectivity index (χ3v) is 3.61. The molecule has 1 saturated heterocycles. The van der Waals surface area contributed by atoms with Gasteiger partial charge >= 0.3 is 5.97 Å². The maximum atomic E-state index is 10.8. The predicted octanol–water partition coefficient (Wildman–Crippen LogP) is 2.11. The first-order chi connectivity index (χ1) is 9.47. The van der Waals surface area contributed by atoms with Crippen molar-refractivity contribution in [2.45, 2.75) is 32.0 Å². The first-order valence-corrected chi connectivity index (χ1v) is 6.87. The Balaban J connectivity index is 1.92. The summed E-state index contributed by atoms with van der Waals surface area (Å²) < 4.78 is 5.47. The fourth-order valence-electron chi connectivity index (χ4n) is 2.47. The van der Waals surface area contributed by atoms with E-state index in [0.717, 1.165) is 12.1 Å². The van der Waals surface area contributed by atoms with E-state index in [4.69, 9.17) is 9.84 Å². The van der Waals surface area contributed by atoms with Crippen LogP contribution >= 0.6 is 0 Å². The first kappa shape index (κ1) is 14.7. The number of anilines is 2. The highest BCUT2D eigenvalue weighted by atomic mass is 16.5. The summed E-state index contributed by atoms with van der Waals surface area (Å²) in [6.45, 7) is 2.72. The SMILES string of the molecule is Cc1ccc(NCC2CCC(C(=O)O)O2)cc1N(C)C. The molecule has 2 rings (SSSR count). The molecular weight excluding hydrogens is 256 g/mol. The van der Waals surface area contributed by atoms with Gasteiger partial charge in [-0.3, -0.25) is 0 Å². The number of hydrogen-bond donors (Lipinski definition) is 2. The number of benzene rings is 1. The molecule has 0 amide bonds. The summed E-state index contributed by atoms with van der Waals surface area (Å²) in [5.41, 5.74) is 3.43. The third-order valence-electron chi connectivity index (χ3n) is 3.61. The number of hydrogen-bond acceptors (Lipinski definition) is 4. The molecule has 0 aliphatic carbocycles. The maximum absolute atomic E-state index is 10.8. The number of carbonyl (C=O) groups is 1. The van der Waals surface area contributed by atoms with E-state index in [9.17, 15) is 4.79 Å². The number of aryl methyl sites for hydroxylation is 1. The fraction of sp³-hybridized carbons (Fsp3) is 0.533. The molecule has 1 aromatic rings. The van der Waals surface area contributed by atoms with E-state index in [1.165, 1.54) is 11.3 Å². The van der Waals surface area contributed by atoms with E-state index in [1.807, 2.05) is 20.2 Å². The molecule has 1 aliphatic rings. The van der Waals surface area contributed by atoms with E-state index in [1.54, 1.807) is 0 Å². The predicted molar refractivity (Wildman–Crippen MR) is 79.5 cm³/mol. The molecular formula is C15H22N2O3. The van der Waals surface area contributed by atoms with Crippen molar-refractivity contribution in [3.05, 3.63) is 23.8 Å². The van der Waals surface area contributed by atoms with Crippen LogP contribution in [-0.2, 0) is 9.53 Å². The van der Waals surface area contributed by atoms with E-state index >= 15 is 0 Å². The van der Waals surface area contributed by atoms with Crippen LogP contribution < -0.4 is 10.2 Å². The molecule has 1 heterocycles. The number of ether oxygens (including phenoxy) is 1. The van der Waals surface area contributed by atoms with E-state index < -0.39 is 12.1 Å². The monoisotopic (exact) mass is 278 g/mol. The van der Waals surface area contributed by atoms with Crippen LogP contribution in [0.4, 0.5) is 11.4 Å². The highest BCUT2D eigenvalue weighted by molar-refractivity contribution is 5.72. The Labute approximate surface area is 119 Å². The Morgan fingerprint density at radius 3 is 2.80 bits per heavy atom. The van der Waals surface area contributed by atoms with Gasteiger partial charge in [-0.2, -0.15) is 0 Å². The lowest BCUT2D eigenvalue weighted by Gasteiger charge is -2.18. The molecule has 0 bridgehead atoms. The standard InChI is InChI=1S/C15H22N2O3/c1-10-4-5-11(8-13(10)17(2)3)16-9-12-6-7-14(20-12)15(18)19/h4-5,8,12,14,16H,6-7,9H2,1-3H3,(H,18,19).